The van der Waals surface area contributed by atoms with Crippen molar-refractivity contribution in [2.75, 3.05) is 0 Å². The molecule has 0 aromatic heterocycles. The van der Waals surface area contributed by atoms with E-state index in [-0.39, 0.29) is 16.3 Å². The first kappa shape index (κ1) is 14.2. The molecular weight excluding hydrogens is 286 g/mol. The summed E-state index contributed by atoms with van der Waals surface area (Å²) in [6.45, 7) is 0. The van der Waals surface area contributed by atoms with Crippen LogP contribution in [-0.2, 0) is 0 Å². The maximum absolute atomic E-state index is 13.0. The molecule has 0 unspecified atom stereocenters. The molecule has 0 amide bonds. The summed E-state index contributed by atoms with van der Waals surface area (Å²) in [7, 11) is 0. The van der Waals surface area contributed by atoms with Gasteiger partial charge in [-0.05, 0) is 42.0 Å². The molecule has 0 heterocycles. The average Bonchev–Trinajstić information content (AvgIpc) is 2.43. The SMILES string of the molecule is O=C(/C=C/c1ccc(O)c(Cl)c1)c1ccc(F)c(F)c1. The number of carbonyl (C=O) groups excluding carboxylic acids is 1. The number of hydrogen-bond donors (Lipinski definition) is 1. The monoisotopic (exact) mass is 294 g/mol. The lowest BCUT2D eigenvalue weighted by Gasteiger charge is -1.99. The number of ketones is 1. The fourth-order valence-corrected chi connectivity index (χ4v) is 1.73. The molecule has 2 aromatic rings. The van der Waals surface area contributed by atoms with Gasteiger partial charge in [-0.25, -0.2) is 8.78 Å². The van der Waals surface area contributed by atoms with Crippen molar-refractivity contribution in [2.24, 2.45) is 0 Å². The van der Waals surface area contributed by atoms with Crippen LogP contribution in [0.4, 0.5) is 8.78 Å². The van der Waals surface area contributed by atoms with E-state index in [1.165, 1.54) is 30.4 Å². The number of phenols is 1. The molecular formula is C15H9ClF2O2. The van der Waals surface area contributed by atoms with Crippen LogP contribution in [0.1, 0.15) is 15.9 Å². The standard InChI is InChI=1S/C15H9ClF2O2/c16-11-7-9(2-6-15(11)20)1-5-14(19)10-3-4-12(17)13(18)8-10/h1-8,20H/b5-1+. The van der Waals surface area contributed by atoms with E-state index in [0.717, 1.165) is 12.1 Å². The zero-order valence-electron chi connectivity index (χ0n) is 10.1. The normalized spacial score (nSPS) is 10.9. The van der Waals surface area contributed by atoms with Gasteiger partial charge in [0.25, 0.3) is 0 Å². The Labute approximate surface area is 118 Å². The predicted molar refractivity (Wildman–Crippen MR) is 72.8 cm³/mol. The Hall–Kier alpha value is -2.20. The van der Waals surface area contributed by atoms with Gasteiger partial charge in [-0.1, -0.05) is 23.7 Å². The summed E-state index contributed by atoms with van der Waals surface area (Å²) < 4.78 is 25.8. The molecule has 2 rings (SSSR count). The number of halogens is 3. The minimum Gasteiger partial charge on any atom is -0.506 e. The summed E-state index contributed by atoms with van der Waals surface area (Å²) in [4.78, 5) is 11.8. The van der Waals surface area contributed by atoms with Crippen molar-refractivity contribution in [3.63, 3.8) is 0 Å². The third-order valence-corrected chi connectivity index (χ3v) is 2.91. The number of hydrogen-bond acceptors (Lipinski definition) is 2. The molecule has 102 valence electrons. The fraction of sp³-hybridized carbons (Fsp3) is 0. The summed E-state index contributed by atoms with van der Waals surface area (Å²) in [5, 5.41) is 9.42. The van der Waals surface area contributed by atoms with Gasteiger partial charge in [-0.15, -0.1) is 0 Å². The molecule has 0 aliphatic carbocycles. The van der Waals surface area contributed by atoms with Crippen LogP contribution >= 0.6 is 11.6 Å². The summed E-state index contributed by atoms with van der Waals surface area (Å²) in [5.41, 5.74) is 0.647. The van der Waals surface area contributed by atoms with Crippen LogP contribution in [-0.4, -0.2) is 10.9 Å². The molecule has 0 saturated carbocycles. The largest absolute Gasteiger partial charge is 0.506 e. The topological polar surface area (TPSA) is 37.3 Å². The average molecular weight is 295 g/mol. The van der Waals surface area contributed by atoms with Gasteiger partial charge in [0.2, 0.25) is 0 Å². The molecule has 0 fully saturated rings. The summed E-state index contributed by atoms with van der Waals surface area (Å²) in [5.74, 6) is -2.60. The lowest BCUT2D eigenvalue weighted by atomic mass is 10.1. The van der Waals surface area contributed by atoms with Crippen molar-refractivity contribution in [3.8, 4) is 5.75 Å². The van der Waals surface area contributed by atoms with Gasteiger partial charge in [-0.3, -0.25) is 4.79 Å². The lowest BCUT2D eigenvalue weighted by Crippen LogP contribution is -1.96. The molecule has 0 bridgehead atoms. The van der Waals surface area contributed by atoms with Crippen LogP contribution in [0.15, 0.2) is 42.5 Å². The van der Waals surface area contributed by atoms with E-state index in [1.807, 2.05) is 0 Å². The van der Waals surface area contributed by atoms with Crippen molar-refractivity contribution in [1.29, 1.82) is 0 Å². The van der Waals surface area contributed by atoms with Crippen LogP contribution < -0.4 is 0 Å². The van der Waals surface area contributed by atoms with Crippen LogP contribution in [0.25, 0.3) is 6.08 Å². The molecule has 20 heavy (non-hydrogen) atoms. The molecule has 2 nitrogen and oxygen atoms in total. The zero-order valence-corrected chi connectivity index (χ0v) is 10.9. The van der Waals surface area contributed by atoms with Gasteiger partial charge in [0, 0.05) is 5.56 Å². The number of benzene rings is 2. The first-order valence-corrected chi connectivity index (χ1v) is 6.01. The van der Waals surface area contributed by atoms with E-state index in [4.69, 9.17) is 11.6 Å². The molecule has 0 spiro atoms. The second-order valence-electron chi connectivity index (χ2n) is 4.04. The summed E-state index contributed by atoms with van der Waals surface area (Å²) >= 11 is 5.72. The minimum atomic E-state index is -1.07. The minimum absolute atomic E-state index is 0.0463. The Morgan fingerprint density at radius 3 is 2.50 bits per heavy atom. The van der Waals surface area contributed by atoms with Crippen LogP contribution in [0.2, 0.25) is 5.02 Å². The Bertz CT molecular complexity index is 696. The zero-order chi connectivity index (χ0) is 14.7. The number of allylic oxidation sites excluding steroid dienone is 1. The molecule has 0 aliphatic heterocycles. The summed E-state index contributed by atoms with van der Waals surface area (Å²) in [6.07, 6.45) is 2.68. The highest BCUT2D eigenvalue weighted by atomic mass is 35.5. The highest BCUT2D eigenvalue weighted by Gasteiger charge is 2.07. The maximum Gasteiger partial charge on any atom is 0.185 e. The molecule has 1 N–H and O–H groups in total. The number of phenolic OH excluding ortho intramolecular Hbond substituents is 1. The maximum atomic E-state index is 13.0. The van der Waals surface area contributed by atoms with Crippen LogP contribution in [0, 0.1) is 11.6 Å². The highest BCUT2D eigenvalue weighted by molar-refractivity contribution is 6.32. The Kier molecular flexibility index (Phi) is 4.15. The highest BCUT2D eigenvalue weighted by Crippen LogP contribution is 2.24. The quantitative estimate of drug-likeness (QED) is 0.680. The van der Waals surface area contributed by atoms with Crippen molar-refractivity contribution in [3.05, 3.63) is 70.3 Å². The molecule has 0 saturated heterocycles. The van der Waals surface area contributed by atoms with E-state index < -0.39 is 17.4 Å². The second kappa shape index (κ2) is 5.84. The molecule has 0 aliphatic rings. The summed E-state index contributed by atoms with van der Waals surface area (Å²) in [6, 6.07) is 7.38. The number of aromatic hydroxyl groups is 1. The van der Waals surface area contributed by atoms with E-state index in [0.29, 0.717) is 5.56 Å². The third-order valence-electron chi connectivity index (χ3n) is 2.60. The number of carbonyl (C=O) groups is 1. The van der Waals surface area contributed by atoms with Gasteiger partial charge >= 0.3 is 0 Å². The van der Waals surface area contributed by atoms with Crippen molar-refractivity contribution >= 4 is 23.5 Å². The van der Waals surface area contributed by atoms with E-state index >= 15 is 0 Å². The molecule has 0 atom stereocenters. The smallest absolute Gasteiger partial charge is 0.185 e. The van der Waals surface area contributed by atoms with Crippen LogP contribution in [0.3, 0.4) is 0 Å². The van der Waals surface area contributed by atoms with Crippen molar-refractivity contribution in [2.45, 2.75) is 0 Å². The van der Waals surface area contributed by atoms with E-state index in [1.54, 1.807) is 6.07 Å². The molecule has 5 heteroatoms. The van der Waals surface area contributed by atoms with Gasteiger partial charge in [0.1, 0.15) is 5.75 Å². The Morgan fingerprint density at radius 2 is 1.85 bits per heavy atom. The van der Waals surface area contributed by atoms with Crippen LogP contribution in [0.5, 0.6) is 5.75 Å². The molecule has 2 aromatic carbocycles. The van der Waals surface area contributed by atoms with Crippen molar-refractivity contribution < 1.29 is 18.7 Å². The van der Waals surface area contributed by atoms with E-state index in [9.17, 15) is 18.7 Å². The predicted octanol–water partition coefficient (Wildman–Crippen LogP) is 4.22. The van der Waals surface area contributed by atoms with Gasteiger partial charge in [0.05, 0.1) is 5.02 Å². The van der Waals surface area contributed by atoms with E-state index in [2.05, 4.69) is 0 Å². The first-order chi connectivity index (χ1) is 9.47. The lowest BCUT2D eigenvalue weighted by molar-refractivity contribution is 0.104. The van der Waals surface area contributed by atoms with Crippen molar-refractivity contribution in [1.82, 2.24) is 0 Å². The number of rotatable bonds is 3. The molecule has 0 radical (unpaired) electrons. The van der Waals surface area contributed by atoms with Gasteiger partial charge < -0.3 is 5.11 Å². The first-order valence-electron chi connectivity index (χ1n) is 5.63. The van der Waals surface area contributed by atoms with Gasteiger partial charge in [-0.2, -0.15) is 0 Å². The Balaban J connectivity index is 2.19. The van der Waals surface area contributed by atoms with Gasteiger partial charge in [0.15, 0.2) is 17.4 Å². The third kappa shape index (κ3) is 3.22. The Morgan fingerprint density at radius 1 is 1.10 bits per heavy atom. The fourth-order valence-electron chi connectivity index (χ4n) is 1.54. The second-order valence-corrected chi connectivity index (χ2v) is 4.44.